The predicted octanol–water partition coefficient (Wildman–Crippen LogP) is 2.81. The van der Waals surface area contributed by atoms with Crippen LogP contribution in [0, 0.1) is 5.92 Å². The summed E-state index contributed by atoms with van der Waals surface area (Å²) in [7, 11) is 1.71. The van der Waals surface area contributed by atoms with Crippen molar-refractivity contribution in [2.24, 2.45) is 5.92 Å². The summed E-state index contributed by atoms with van der Waals surface area (Å²) in [5.74, 6) is 1.80. The summed E-state index contributed by atoms with van der Waals surface area (Å²) >= 11 is 0. The number of methoxy groups -OCH3 is 1. The standard InChI is InChI=1S/C16H25NO2/c1-12(2)17(9-13-4-5-13)10-15-8-14(11-18)6-7-16(15)19-3/h6-8,12-13,18H,4-5,9-11H2,1-3H3. The molecule has 0 saturated heterocycles. The molecular weight excluding hydrogens is 238 g/mol. The van der Waals surface area contributed by atoms with E-state index in [1.54, 1.807) is 7.11 Å². The molecule has 1 aromatic rings. The van der Waals surface area contributed by atoms with Gasteiger partial charge in [0.25, 0.3) is 0 Å². The molecule has 1 aromatic carbocycles. The van der Waals surface area contributed by atoms with Crippen LogP contribution in [-0.2, 0) is 13.2 Å². The van der Waals surface area contributed by atoms with E-state index in [4.69, 9.17) is 4.74 Å². The Morgan fingerprint density at radius 2 is 2.11 bits per heavy atom. The van der Waals surface area contributed by atoms with Gasteiger partial charge in [-0.05, 0) is 50.3 Å². The number of ether oxygens (including phenoxy) is 1. The number of hydrogen-bond acceptors (Lipinski definition) is 3. The molecule has 1 aliphatic rings. The first-order valence-corrected chi connectivity index (χ1v) is 7.14. The van der Waals surface area contributed by atoms with Crippen molar-refractivity contribution in [1.29, 1.82) is 0 Å². The zero-order valence-corrected chi connectivity index (χ0v) is 12.2. The Morgan fingerprint density at radius 1 is 1.37 bits per heavy atom. The minimum absolute atomic E-state index is 0.0846. The highest BCUT2D eigenvalue weighted by molar-refractivity contribution is 5.37. The van der Waals surface area contributed by atoms with Crippen LogP contribution in [0.15, 0.2) is 18.2 Å². The van der Waals surface area contributed by atoms with Crippen LogP contribution in [0.1, 0.15) is 37.8 Å². The summed E-state index contributed by atoms with van der Waals surface area (Å²) in [6.45, 7) is 6.63. The van der Waals surface area contributed by atoms with Gasteiger partial charge in [0.05, 0.1) is 13.7 Å². The third kappa shape index (κ3) is 3.95. The molecule has 0 unspecified atom stereocenters. The molecule has 0 amide bonds. The van der Waals surface area contributed by atoms with E-state index < -0.39 is 0 Å². The molecule has 1 aliphatic carbocycles. The first-order chi connectivity index (χ1) is 9.13. The highest BCUT2D eigenvalue weighted by Gasteiger charge is 2.26. The molecule has 0 aliphatic heterocycles. The maximum Gasteiger partial charge on any atom is 0.123 e. The van der Waals surface area contributed by atoms with Gasteiger partial charge in [0.1, 0.15) is 5.75 Å². The zero-order valence-electron chi connectivity index (χ0n) is 12.2. The molecule has 1 saturated carbocycles. The van der Waals surface area contributed by atoms with Crippen molar-refractivity contribution >= 4 is 0 Å². The van der Waals surface area contributed by atoms with E-state index >= 15 is 0 Å². The molecule has 1 fully saturated rings. The molecule has 0 heterocycles. The topological polar surface area (TPSA) is 32.7 Å². The normalized spacial score (nSPS) is 15.3. The molecule has 3 heteroatoms. The molecule has 0 atom stereocenters. The molecule has 0 spiro atoms. The minimum Gasteiger partial charge on any atom is -0.496 e. The van der Waals surface area contributed by atoms with Gasteiger partial charge >= 0.3 is 0 Å². The molecule has 2 rings (SSSR count). The first-order valence-electron chi connectivity index (χ1n) is 7.14. The monoisotopic (exact) mass is 263 g/mol. The van der Waals surface area contributed by atoms with Crippen LogP contribution in [0.25, 0.3) is 0 Å². The smallest absolute Gasteiger partial charge is 0.123 e. The van der Waals surface area contributed by atoms with Crippen LogP contribution in [0.4, 0.5) is 0 Å². The summed E-state index contributed by atoms with van der Waals surface area (Å²) in [6.07, 6.45) is 2.74. The molecule has 1 N–H and O–H groups in total. The number of nitrogens with zero attached hydrogens (tertiary/aromatic N) is 1. The van der Waals surface area contributed by atoms with Crippen molar-refractivity contribution in [3.05, 3.63) is 29.3 Å². The molecule has 0 bridgehead atoms. The summed E-state index contributed by atoms with van der Waals surface area (Å²) < 4.78 is 5.44. The van der Waals surface area contributed by atoms with Gasteiger partial charge < -0.3 is 9.84 Å². The fraction of sp³-hybridized carbons (Fsp3) is 0.625. The Labute approximate surface area is 116 Å². The number of benzene rings is 1. The van der Waals surface area contributed by atoms with Crippen molar-refractivity contribution in [3.63, 3.8) is 0 Å². The Balaban J connectivity index is 2.13. The van der Waals surface area contributed by atoms with Crippen LogP contribution in [0.5, 0.6) is 5.75 Å². The average molecular weight is 263 g/mol. The van der Waals surface area contributed by atoms with Gasteiger partial charge in [-0.1, -0.05) is 6.07 Å². The summed E-state index contributed by atoms with van der Waals surface area (Å²) in [5.41, 5.74) is 2.12. The quantitative estimate of drug-likeness (QED) is 0.821. The summed E-state index contributed by atoms with van der Waals surface area (Å²) in [4.78, 5) is 2.50. The summed E-state index contributed by atoms with van der Waals surface area (Å²) in [5, 5.41) is 9.27. The Kier molecular flexibility index (Phi) is 4.83. The second-order valence-electron chi connectivity index (χ2n) is 5.77. The van der Waals surface area contributed by atoms with Gasteiger partial charge in [-0.3, -0.25) is 4.90 Å². The van der Waals surface area contributed by atoms with Gasteiger partial charge in [0.2, 0.25) is 0 Å². The largest absolute Gasteiger partial charge is 0.496 e. The lowest BCUT2D eigenvalue weighted by Crippen LogP contribution is -2.32. The van der Waals surface area contributed by atoms with E-state index in [1.165, 1.54) is 24.9 Å². The van der Waals surface area contributed by atoms with Crippen molar-refractivity contribution < 1.29 is 9.84 Å². The van der Waals surface area contributed by atoms with Crippen molar-refractivity contribution in [2.75, 3.05) is 13.7 Å². The van der Waals surface area contributed by atoms with Crippen LogP contribution in [0.3, 0.4) is 0 Å². The number of aliphatic hydroxyl groups excluding tert-OH is 1. The SMILES string of the molecule is COc1ccc(CO)cc1CN(CC1CC1)C(C)C. The molecule has 106 valence electrons. The van der Waals surface area contributed by atoms with E-state index in [-0.39, 0.29) is 6.61 Å². The Bertz CT molecular complexity index is 413. The molecular formula is C16H25NO2. The highest BCUT2D eigenvalue weighted by atomic mass is 16.5. The maximum absolute atomic E-state index is 9.27. The van der Waals surface area contributed by atoms with Crippen LogP contribution in [-0.4, -0.2) is 29.7 Å². The predicted molar refractivity (Wildman–Crippen MR) is 77.2 cm³/mol. The molecule has 0 radical (unpaired) electrons. The fourth-order valence-electron chi connectivity index (χ4n) is 2.36. The van der Waals surface area contributed by atoms with Gasteiger partial charge in [0.15, 0.2) is 0 Å². The first kappa shape index (κ1) is 14.4. The number of rotatable bonds is 7. The minimum atomic E-state index is 0.0846. The third-order valence-corrected chi connectivity index (χ3v) is 3.82. The second-order valence-corrected chi connectivity index (χ2v) is 5.77. The molecule has 3 nitrogen and oxygen atoms in total. The van der Waals surface area contributed by atoms with Crippen LogP contribution in [0.2, 0.25) is 0 Å². The van der Waals surface area contributed by atoms with Crippen molar-refractivity contribution in [3.8, 4) is 5.75 Å². The Morgan fingerprint density at radius 3 is 2.63 bits per heavy atom. The highest BCUT2D eigenvalue weighted by Crippen LogP contribution is 2.31. The van der Waals surface area contributed by atoms with Crippen molar-refractivity contribution in [2.45, 2.75) is 45.9 Å². The average Bonchev–Trinajstić information content (AvgIpc) is 3.21. The van der Waals surface area contributed by atoms with E-state index in [2.05, 4.69) is 24.8 Å². The number of hydrogen-bond donors (Lipinski definition) is 1. The molecule has 0 aromatic heterocycles. The number of aliphatic hydroxyl groups is 1. The van der Waals surface area contributed by atoms with Gasteiger partial charge in [0, 0.05) is 24.7 Å². The van der Waals surface area contributed by atoms with E-state index in [0.717, 1.165) is 23.8 Å². The van der Waals surface area contributed by atoms with E-state index in [1.807, 2.05) is 12.1 Å². The van der Waals surface area contributed by atoms with Crippen LogP contribution >= 0.6 is 0 Å². The second kappa shape index (κ2) is 6.40. The van der Waals surface area contributed by atoms with Gasteiger partial charge in [-0.2, -0.15) is 0 Å². The third-order valence-electron chi connectivity index (χ3n) is 3.82. The summed E-state index contributed by atoms with van der Waals surface area (Å²) in [6, 6.07) is 6.46. The van der Waals surface area contributed by atoms with E-state index in [0.29, 0.717) is 6.04 Å². The van der Waals surface area contributed by atoms with Crippen LogP contribution < -0.4 is 4.74 Å². The Hall–Kier alpha value is -1.06. The van der Waals surface area contributed by atoms with Gasteiger partial charge in [-0.15, -0.1) is 0 Å². The molecule has 19 heavy (non-hydrogen) atoms. The van der Waals surface area contributed by atoms with Gasteiger partial charge in [-0.25, -0.2) is 0 Å². The lowest BCUT2D eigenvalue weighted by atomic mass is 10.1. The zero-order chi connectivity index (χ0) is 13.8. The fourth-order valence-corrected chi connectivity index (χ4v) is 2.36. The van der Waals surface area contributed by atoms with Crippen molar-refractivity contribution in [1.82, 2.24) is 4.90 Å². The maximum atomic E-state index is 9.27. The lowest BCUT2D eigenvalue weighted by Gasteiger charge is -2.27. The van der Waals surface area contributed by atoms with E-state index in [9.17, 15) is 5.11 Å². The lowest BCUT2D eigenvalue weighted by molar-refractivity contribution is 0.201.